The summed E-state index contributed by atoms with van der Waals surface area (Å²) in [5.74, 6) is 0. The van der Waals surface area contributed by atoms with Crippen LogP contribution in [-0.2, 0) is 13.1 Å². The second-order valence-corrected chi connectivity index (χ2v) is 5.78. The standard InChI is InChI=1S/C17H20N4S2/c1-21(17(23)19-13-15-10-6-3-7-11-15)20-16(22)18-12-14-8-4-2-5-9-14/h2-11H,12-13H2,1H3,(H,19,23)(H2,18,20,22). The van der Waals surface area contributed by atoms with Crippen molar-refractivity contribution in [1.29, 1.82) is 0 Å². The summed E-state index contributed by atoms with van der Waals surface area (Å²) in [6, 6.07) is 20.2. The fourth-order valence-electron chi connectivity index (χ4n) is 1.91. The summed E-state index contributed by atoms with van der Waals surface area (Å²) in [6.07, 6.45) is 0. The van der Waals surface area contributed by atoms with E-state index in [4.69, 9.17) is 24.4 Å². The molecule has 6 heteroatoms. The Kier molecular flexibility index (Phi) is 6.77. The summed E-state index contributed by atoms with van der Waals surface area (Å²) in [4.78, 5) is 0. The highest BCUT2D eigenvalue weighted by Gasteiger charge is 2.05. The summed E-state index contributed by atoms with van der Waals surface area (Å²) in [5.41, 5.74) is 5.38. The zero-order valence-corrected chi connectivity index (χ0v) is 14.6. The molecule has 23 heavy (non-hydrogen) atoms. The van der Waals surface area contributed by atoms with Crippen LogP contribution in [0.2, 0.25) is 0 Å². The second kappa shape index (κ2) is 9.07. The van der Waals surface area contributed by atoms with E-state index in [0.29, 0.717) is 23.3 Å². The average molecular weight is 345 g/mol. The van der Waals surface area contributed by atoms with Gasteiger partial charge in [0.05, 0.1) is 0 Å². The Hall–Kier alpha value is -2.18. The molecular formula is C17H20N4S2. The Morgan fingerprint density at radius 3 is 1.83 bits per heavy atom. The van der Waals surface area contributed by atoms with E-state index in [9.17, 15) is 0 Å². The van der Waals surface area contributed by atoms with Gasteiger partial charge in [-0.1, -0.05) is 60.7 Å². The Bertz CT molecular complexity index is 632. The highest BCUT2D eigenvalue weighted by Crippen LogP contribution is 1.98. The van der Waals surface area contributed by atoms with E-state index in [1.807, 2.05) is 55.6 Å². The number of hydrogen-bond donors (Lipinski definition) is 3. The van der Waals surface area contributed by atoms with Crippen molar-refractivity contribution in [3.8, 4) is 0 Å². The minimum atomic E-state index is 0.528. The molecule has 0 aliphatic rings. The van der Waals surface area contributed by atoms with Crippen LogP contribution in [0.25, 0.3) is 0 Å². The largest absolute Gasteiger partial charge is 0.357 e. The molecule has 0 heterocycles. The van der Waals surface area contributed by atoms with Crippen LogP contribution in [0.3, 0.4) is 0 Å². The topological polar surface area (TPSA) is 39.3 Å². The smallest absolute Gasteiger partial charge is 0.187 e. The lowest BCUT2D eigenvalue weighted by Crippen LogP contribution is -2.50. The van der Waals surface area contributed by atoms with Crippen molar-refractivity contribution in [3.05, 3.63) is 71.8 Å². The number of hydrazine groups is 1. The highest BCUT2D eigenvalue weighted by atomic mass is 32.1. The predicted octanol–water partition coefficient (Wildman–Crippen LogP) is 2.57. The normalized spacial score (nSPS) is 9.78. The molecule has 0 saturated heterocycles. The van der Waals surface area contributed by atoms with Gasteiger partial charge in [0.1, 0.15) is 0 Å². The molecule has 0 atom stereocenters. The molecule has 0 aliphatic heterocycles. The minimum absolute atomic E-state index is 0.528. The van der Waals surface area contributed by atoms with Gasteiger partial charge in [-0.05, 0) is 35.6 Å². The van der Waals surface area contributed by atoms with Gasteiger partial charge in [-0.25, -0.2) is 0 Å². The maximum atomic E-state index is 5.34. The number of benzene rings is 2. The monoisotopic (exact) mass is 344 g/mol. The Morgan fingerprint density at radius 2 is 1.30 bits per heavy atom. The van der Waals surface area contributed by atoms with Gasteiger partial charge in [0.2, 0.25) is 0 Å². The van der Waals surface area contributed by atoms with Crippen molar-refractivity contribution < 1.29 is 0 Å². The summed E-state index contributed by atoms with van der Waals surface area (Å²) >= 11 is 10.6. The van der Waals surface area contributed by atoms with Crippen LogP contribution in [0.15, 0.2) is 60.7 Å². The van der Waals surface area contributed by atoms with Crippen LogP contribution in [-0.4, -0.2) is 22.3 Å². The Balaban J connectivity index is 1.71. The van der Waals surface area contributed by atoms with Gasteiger partial charge in [-0.3, -0.25) is 10.4 Å². The van der Waals surface area contributed by atoms with E-state index >= 15 is 0 Å². The maximum absolute atomic E-state index is 5.34. The Labute approximate surface area is 147 Å². The molecule has 120 valence electrons. The van der Waals surface area contributed by atoms with Crippen LogP contribution in [0.1, 0.15) is 11.1 Å². The van der Waals surface area contributed by atoms with Gasteiger partial charge in [0.25, 0.3) is 0 Å². The van der Waals surface area contributed by atoms with E-state index in [-0.39, 0.29) is 0 Å². The van der Waals surface area contributed by atoms with Crippen LogP contribution in [0, 0.1) is 0 Å². The number of thiocarbonyl (C=S) groups is 2. The van der Waals surface area contributed by atoms with Gasteiger partial charge in [0.15, 0.2) is 10.2 Å². The van der Waals surface area contributed by atoms with E-state index in [2.05, 4.69) is 28.2 Å². The fourth-order valence-corrected chi connectivity index (χ4v) is 2.24. The maximum Gasteiger partial charge on any atom is 0.187 e. The molecular weight excluding hydrogens is 324 g/mol. The van der Waals surface area contributed by atoms with Gasteiger partial charge >= 0.3 is 0 Å². The third kappa shape index (κ3) is 6.22. The Morgan fingerprint density at radius 1 is 0.826 bits per heavy atom. The van der Waals surface area contributed by atoms with Crippen LogP contribution < -0.4 is 16.1 Å². The van der Waals surface area contributed by atoms with Gasteiger partial charge < -0.3 is 10.6 Å². The lowest BCUT2D eigenvalue weighted by atomic mass is 10.2. The summed E-state index contributed by atoms with van der Waals surface area (Å²) < 4.78 is 0. The molecule has 0 fully saturated rings. The first-order valence-electron chi connectivity index (χ1n) is 7.29. The van der Waals surface area contributed by atoms with E-state index in [0.717, 1.165) is 0 Å². The SMILES string of the molecule is CN(NC(=S)NCc1ccccc1)C(=S)NCc1ccccc1. The molecule has 0 bridgehead atoms. The first kappa shape index (κ1) is 17.2. The lowest BCUT2D eigenvalue weighted by molar-refractivity contribution is 0.442. The number of rotatable bonds is 4. The molecule has 0 unspecified atom stereocenters. The first-order valence-corrected chi connectivity index (χ1v) is 8.10. The predicted molar refractivity (Wildman–Crippen MR) is 103 cm³/mol. The minimum Gasteiger partial charge on any atom is -0.357 e. The van der Waals surface area contributed by atoms with Gasteiger partial charge in [-0.2, -0.15) is 0 Å². The van der Waals surface area contributed by atoms with Crippen molar-refractivity contribution in [2.45, 2.75) is 13.1 Å². The second-order valence-electron chi connectivity index (χ2n) is 4.98. The van der Waals surface area contributed by atoms with E-state index < -0.39 is 0 Å². The fraction of sp³-hybridized carbons (Fsp3) is 0.176. The van der Waals surface area contributed by atoms with Crippen LogP contribution >= 0.6 is 24.4 Å². The number of nitrogens with one attached hydrogen (secondary N) is 3. The van der Waals surface area contributed by atoms with Crippen molar-refractivity contribution in [2.75, 3.05) is 7.05 Å². The third-order valence-electron chi connectivity index (χ3n) is 3.16. The molecule has 0 spiro atoms. The zero-order chi connectivity index (χ0) is 16.5. The molecule has 0 aromatic heterocycles. The van der Waals surface area contributed by atoms with Crippen molar-refractivity contribution >= 4 is 34.7 Å². The van der Waals surface area contributed by atoms with E-state index in [1.54, 1.807) is 5.01 Å². The molecule has 4 nitrogen and oxygen atoms in total. The number of hydrogen-bond acceptors (Lipinski definition) is 2. The molecule has 2 aromatic rings. The quantitative estimate of drug-likeness (QED) is 0.585. The van der Waals surface area contributed by atoms with Crippen molar-refractivity contribution in [3.63, 3.8) is 0 Å². The zero-order valence-electron chi connectivity index (χ0n) is 13.0. The summed E-state index contributed by atoms with van der Waals surface area (Å²) in [7, 11) is 1.83. The molecule has 0 saturated carbocycles. The number of nitrogens with zero attached hydrogens (tertiary/aromatic N) is 1. The van der Waals surface area contributed by atoms with Gasteiger partial charge in [0, 0.05) is 20.1 Å². The van der Waals surface area contributed by atoms with Gasteiger partial charge in [-0.15, -0.1) is 0 Å². The molecule has 2 rings (SSSR count). The summed E-state index contributed by atoms with van der Waals surface area (Å²) in [6.45, 7) is 1.35. The van der Waals surface area contributed by atoms with Crippen LogP contribution in [0.5, 0.6) is 0 Å². The lowest BCUT2D eigenvalue weighted by Gasteiger charge is -2.23. The van der Waals surface area contributed by atoms with Crippen molar-refractivity contribution in [1.82, 2.24) is 21.1 Å². The van der Waals surface area contributed by atoms with Crippen molar-refractivity contribution in [2.24, 2.45) is 0 Å². The third-order valence-corrected chi connectivity index (χ3v) is 3.81. The molecule has 0 aliphatic carbocycles. The van der Waals surface area contributed by atoms with Crippen LogP contribution in [0.4, 0.5) is 0 Å². The molecule has 0 amide bonds. The first-order chi connectivity index (χ1) is 11.1. The summed E-state index contributed by atoms with van der Waals surface area (Å²) in [5, 5.41) is 9.14. The average Bonchev–Trinajstić information content (AvgIpc) is 2.59. The van der Waals surface area contributed by atoms with E-state index in [1.165, 1.54) is 11.1 Å². The molecule has 2 aromatic carbocycles. The highest BCUT2D eigenvalue weighted by molar-refractivity contribution is 7.80. The molecule has 0 radical (unpaired) electrons. The molecule has 3 N–H and O–H groups in total.